The number of carbonyl (C=O) groups is 1. The number of nitrogens with two attached hydrogens (primary N) is 1. The van der Waals surface area contributed by atoms with Gasteiger partial charge in [-0.25, -0.2) is 4.79 Å². The lowest BCUT2D eigenvalue weighted by Gasteiger charge is -2.19. The van der Waals surface area contributed by atoms with Crippen LogP contribution in [0, 0.1) is 5.92 Å². The molecule has 4 nitrogen and oxygen atoms in total. The molecular weight excluding hydrogens is 338 g/mol. The van der Waals surface area contributed by atoms with Gasteiger partial charge in [-0.05, 0) is 30.9 Å². The van der Waals surface area contributed by atoms with E-state index in [0.717, 1.165) is 0 Å². The molecule has 3 N–H and O–H groups in total. The second-order valence-electron chi connectivity index (χ2n) is 7.61. The van der Waals surface area contributed by atoms with Gasteiger partial charge in [-0.15, -0.1) is 0 Å². The number of nitrogen functional groups attached to an aromatic ring is 1. The van der Waals surface area contributed by atoms with Crippen LogP contribution in [0.3, 0.4) is 0 Å². The van der Waals surface area contributed by atoms with Crippen molar-refractivity contribution >= 4 is 11.7 Å². The van der Waals surface area contributed by atoms with Gasteiger partial charge in [-0.3, -0.25) is 0 Å². The third-order valence-corrected chi connectivity index (χ3v) is 5.20. The van der Waals surface area contributed by atoms with Crippen molar-refractivity contribution in [3.05, 3.63) is 23.8 Å². The molecule has 0 amide bonds. The smallest absolute Gasteiger partial charge is 0.337 e. The number of hydrogen-bond acceptors (Lipinski definition) is 3. The summed E-state index contributed by atoms with van der Waals surface area (Å²) in [5, 5.41) is 9.20. The topological polar surface area (TPSA) is 72.5 Å². The van der Waals surface area contributed by atoms with Crippen LogP contribution in [0.5, 0.6) is 5.75 Å². The van der Waals surface area contributed by atoms with E-state index in [9.17, 15) is 9.90 Å². The highest BCUT2D eigenvalue weighted by atomic mass is 16.5. The number of carboxylic acids is 1. The summed E-state index contributed by atoms with van der Waals surface area (Å²) in [5.41, 5.74) is 6.32. The summed E-state index contributed by atoms with van der Waals surface area (Å²) in [6.07, 6.45) is 15.2. The minimum atomic E-state index is -1.01. The summed E-state index contributed by atoms with van der Waals surface area (Å²) < 4.78 is 5.95. The van der Waals surface area contributed by atoms with E-state index in [1.165, 1.54) is 83.1 Å². The van der Waals surface area contributed by atoms with Crippen molar-refractivity contribution in [3.8, 4) is 5.75 Å². The van der Waals surface area contributed by atoms with Crippen molar-refractivity contribution in [1.82, 2.24) is 0 Å². The Balaban J connectivity index is 2.51. The fraction of sp³-hybridized carbons (Fsp3) is 0.696. The molecule has 154 valence electrons. The fourth-order valence-corrected chi connectivity index (χ4v) is 3.45. The Morgan fingerprint density at radius 3 is 2.11 bits per heavy atom. The zero-order chi connectivity index (χ0) is 19.9. The van der Waals surface area contributed by atoms with E-state index in [-0.39, 0.29) is 11.3 Å². The predicted octanol–water partition coefficient (Wildman–Crippen LogP) is 6.68. The average molecular weight is 378 g/mol. The first-order chi connectivity index (χ1) is 13.1. The van der Waals surface area contributed by atoms with Crippen LogP contribution in [0.4, 0.5) is 5.69 Å². The van der Waals surface area contributed by atoms with Crippen molar-refractivity contribution in [2.75, 3.05) is 12.3 Å². The van der Waals surface area contributed by atoms with Gasteiger partial charge in [-0.2, -0.15) is 0 Å². The molecule has 0 saturated carbocycles. The van der Waals surface area contributed by atoms with E-state index in [2.05, 4.69) is 13.8 Å². The Kier molecular flexibility index (Phi) is 12.4. The summed E-state index contributed by atoms with van der Waals surface area (Å²) in [7, 11) is 0. The molecular formula is C23H39NO3. The van der Waals surface area contributed by atoms with E-state index in [4.69, 9.17) is 10.5 Å². The summed E-state index contributed by atoms with van der Waals surface area (Å²) in [4.78, 5) is 11.2. The molecule has 1 aromatic carbocycles. The Labute approximate surface area is 165 Å². The van der Waals surface area contributed by atoms with Crippen LogP contribution in [0.15, 0.2) is 18.2 Å². The van der Waals surface area contributed by atoms with E-state index in [1.807, 2.05) is 0 Å². The van der Waals surface area contributed by atoms with Gasteiger partial charge >= 0.3 is 5.97 Å². The van der Waals surface area contributed by atoms with Gasteiger partial charge in [0, 0.05) is 0 Å². The van der Waals surface area contributed by atoms with Gasteiger partial charge in [0.05, 0.1) is 17.9 Å². The first-order valence-electron chi connectivity index (χ1n) is 10.8. The molecule has 0 bridgehead atoms. The normalized spacial score (nSPS) is 12.1. The quantitative estimate of drug-likeness (QED) is 0.249. The third-order valence-electron chi connectivity index (χ3n) is 5.20. The molecule has 0 aliphatic carbocycles. The van der Waals surface area contributed by atoms with Crippen LogP contribution < -0.4 is 10.5 Å². The predicted molar refractivity (Wildman–Crippen MR) is 114 cm³/mol. The van der Waals surface area contributed by atoms with Crippen LogP contribution in [-0.2, 0) is 0 Å². The van der Waals surface area contributed by atoms with Gasteiger partial charge in [0.15, 0.2) is 0 Å². The van der Waals surface area contributed by atoms with E-state index < -0.39 is 5.97 Å². The average Bonchev–Trinajstić information content (AvgIpc) is 2.65. The summed E-state index contributed by atoms with van der Waals surface area (Å²) in [6.45, 7) is 5.10. The van der Waals surface area contributed by atoms with Crippen molar-refractivity contribution in [1.29, 1.82) is 0 Å². The highest BCUT2D eigenvalue weighted by Gasteiger charge is 2.14. The van der Waals surface area contributed by atoms with Crippen molar-refractivity contribution < 1.29 is 14.6 Å². The standard InChI is InChI=1S/C23H39NO3/c1-3-5-7-9-10-12-15-19(14-11-8-6-4-2)18-27-21-17-13-16-20(22(21)24)23(25)26/h13,16-17,19H,3-12,14-15,18,24H2,1-2H3,(H,25,26). The highest BCUT2D eigenvalue weighted by Crippen LogP contribution is 2.27. The largest absolute Gasteiger partial charge is 0.491 e. The van der Waals surface area contributed by atoms with E-state index in [0.29, 0.717) is 18.3 Å². The molecule has 1 rings (SSSR count). The van der Waals surface area contributed by atoms with Crippen molar-refractivity contribution in [3.63, 3.8) is 0 Å². The van der Waals surface area contributed by atoms with Gasteiger partial charge in [0.25, 0.3) is 0 Å². The lowest BCUT2D eigenvalue weighted by atomic mass is 9.95. The number of rotatable bonds is 16. The molecule has 27 heavy (non-hydrogen) atoms. The van der Waals surface area contributed by atoms with E-state index in [1.54, 1.807) is 12.1 Å². The van der Waals surface area contributed by atoms with Gasteiger partial charge in [-0.1, -0.05) is 84.1 Å². The minimum absolute atomic E-state index is 0.114. The molecule has 0 aliphatic rings. The summed E-state index contributed by atoms with van der Waals surface area (Å²) in [5.74, 6) is -0.00142. The Morgan fingerprint density at radius 1 is 0.963 bits per heavy atom. The monoisotopic (exact) mass is 377 g/mol. The number of carboxylic acid groups (broad SMARTS) is 1. The number of hydrogen-bond donors (Lipinski definition) is 2. The maximum Gasteiger partial charge on any atom is 0.337 e. The second-order valence-corrected chi connectivity index (χ2v) is 7.61. The molecule has 0 heterocycles. The summed E-state index contributed by atoms with van der Waals surface area (Å²) >= 11 is 0. The van der Waals surface area contributed by atoms with Crippen molar-refractivity contribution in [2.24, 2.45) is 5.92 Å². The van der Waals surface area contributed by atoms with E-state index >= 15 is 0 Å². The molecule has 1 unspecified atom stereocenters. The molecule has 0 fully saturated rings. The SMILES string of the molecule is CCCCCCCCC(CCCCCC)COc1cccc(C(=O)O)c1N. The van der Waals surface area contributed by atoms with Gasteiger partial charge < -0.3 is 15.6 Å². The molecule has 4 heteroatoms. The number of benzene rings is 1. The Morgan fingerprint density at radius 2 is 1.52 bits per heavy atom. The minimum Gasteiger partial charge on any atom is -0.491 e. The lowest BCUT2D eigenvalue weighted by Crippen LogP contribution is -2.14. The second kappa shape index (κ2) is 14.4. The van der Waals surface area contributed by atoms with Crippen LogP contribution >= 0.6 is 0 Å². The molecule has 0 aliphatic heterocycles. The fourth-order valence-electron chi connectivity index (χ4n) is 3.45. The van der Waals surface area contributed by atoms with Crippen molar-refractivity contribution in [2.45, 2.75) is 90.9 Å². The molecule has 0 saturated heterocycles. The Hall–Kier alpha value is -1.71. The van der Waals surface area contributed by atoms with Gasteiger partial charge in [0.1, 0.15) is 5.75 Å². The lowest BCUT2D eigenvalue weighted by molar-refractivity contribution is 0.0697. The number of anilines is 1. The first kappa shape index (κ1) is 23.3. The van der Waals surface area contributed by atoms with Crippen LogP contribution in [-0.4, -0.2) is 17.7 Å². The molecule has 1 atom stereocenters. The first-order valence-corrected chi connectivity index (χ1v) is 10.8. The summed E-state index contributed by atoms with van der Waals surface area (Å²) in [6, 6.07) is 4.98. The molecule has 1 aromatic rings. The number of ether oxygens (including phenoxy) is 1. The number of para-hydroxylation sites is 1. The van der Waals surface area contributed by atoms with Crippen LogP contribution in [0.25, 0.3) is 0 Å². The third kappa shape index (κ3) is 9.69. The zero-order valence-corrected chi connectivity index (χ0v) is 17.3. The maximum atomic E-state index is 11.2. The molecule has 0 spiro atoms. The van der Waals surface area contributed by atoms with Crippen LogP contribution in [0.2, 0.25) is 0 Å². The number of aromatic carboxylic acids is 1. The zero-order valence-electron chi connectivity index (χ0n) is 17.3. The van der Waals surface area contributed by atoms with Gasteiger partial charge in [0.2, 0.25) is 0 Å². The molecule has 0 aromatic heterocycles. The highest BCUT2D eigenvalue weighted by molar-refractivity contribution is 5.95. The maximum absolute atomic E-state index is 11.2. The molecule has 0 radical (unpaired) electrons. The number of unbranched alkanes of at least 4 members (excludes halogenated alkanes) is 8. The Bertz CT molecular complexity index is 530. The van der Waals surface area contributed by atoms with Crippen LogP contribution in [0.1, 0.15) is 101 Å².